The van der Waals surface area contributed by atoms with Gasteiger partial charge >= 0.3 is 0 Å². The van der Waals surface area contributed by atoms with Gasteiger partial charge in [-0.05, 0) is 19.3 Å². The van der Waals surface area contributed by atoms with Gasteiger partial charge in [0, 0.05) is 29.6 Å². The molecular weight excluding hydrogens is 355 g/mol. The van der Waals surface area contributed by atoms with Gasteiger partial charge in [-0.2, -0.15) is 8.42 Å². The molecular formula is C21H38NaO3S. The van der Waals surface area contributed by atoms with Crippen molar-refractivity contribution in [2.24, 2.45) is 5.92 Å². The van der Waals surface area contributed by atoms with Crippen molar-refractivity contribution < 1.29 is 12.6 Å². The van der Waals surface area contributed by atoms with Crippen molar-refractivity contribution in [3.05, 3.63) is 24.3 Å². The molecule has 1 rings (SSSR count). The summed E-state index contributed by atoms with van der Waals surface area (Å²) in [4.78, 5) is 0. The first-order valence-electron chi connectivity index (χ1n) is 10.2. The Morgan fingerprint density at radius 2 is 1.38 bits per heavy atom. The summed E-state index contributed by atoms with van der Waals surface area (Å²) in [5, 5.41) is 0. The summed E-state index contributed by atoms with van der Waals surface area (Å²) in [5.74, 6) is -0.0696. The fourth-order valence-corrected chi connectivity index (χ4v) is 4.56. The standard InChI is InChI=1S/C21H38O3S.Na/c1-4-5-6-7-8-9-10-11-12-13-16-19-24-25(22,23)21(3)18-15-14-17-20(21)2;/h14-15,17-18,20H,4-13,16,19H2,1-3H3;. The van der Waals surface area contributed by atoms with Crippen LogP contribution in [-0.4, -0.2) is 49.3 Å². The largest absolute Gasteiger partial charge is 0.277 e. The van der Waals surface area contributed by atoms with E-state index in [1.807, 2.05) is 19.1 Å². The van der Waals surface area contributed by atoms with Gasteiger partial charge in [-0.3, -0.25) is 4.18 Å². The molecule has 2 atom stereocenters. The maximum Gasteiger partial charge on any atom is 0.277 e. The summed E-state index contributed by atoms with van der Waals surface area (Å²) in [6.07, 6.45) is 21.1. The average molecular weight is 394 g/mol. The quantitative estimate of drug-likeness (QED) is 0.213. The second kappa shape index (κ2) is 14.4. The average Bonchev–Trinajstić information content (AvgIpc) is 2.58. The van der Waals surface area contributed by atoms with E-state index in [1.165, 1.54) is 57.8 Å². The molecule has 147 valence electrons. The van der Waals surface area contributed by atoms with Crippen LogP contribution in [0.4, 0.5) is 0 Å². The van der Waals surface area contributed by atoms with Gasteiger partial charge in [0.1, 0.15) is 4.75 Å². The molecule has 0 aliphatic heterocycles. The topological polar surface area (TPSA) is 43.4 Å². The predicted molar refractivity (Wildman–Crippen MR) is 113 cm³/mol. The molecule has 0 spiro atoms. The fourth-order valence-electron chi connectivity index (χ4n) is 3.19. The number of hydrogen-bond donors (Lipinski definition) is 0. The molecule has 3 nitrogen and oxygen atoms in total. The van der Waals surface area contributed by atoms with Crippen LogP contribution in [0.25, 0.3) is 0 Å². The Labute approximate surface area is 184 Å². The number of rotatable bonds is 14. The van der Waals surface area contributed by atoms with E-state index < -0.39 is 14.9 Å². The van der Waals surface area contributed by atoms with Crippen molar-refractivity contribution in [2.75, 3.05) is 6.61 Å². The van der Waals surface area contributed by atoms with Gasteiger partial charge in [0.05, 0.1) is 6.61 Å². The normalized spacial score (nSPS) is 22.3. The molecule has 1 radical (unpaired) electrons. The van der Waals surface area contributed by atoms with Crippen molar-refractivity contribution in [2.45, 2.75) is 96.1 Å². The maximum absolute atomic E-state index is 12.5. The molecule has 0 bridgehead atoms. The molecule has 0 fully saturated rings. The molecule has 1 aliphatic rings. The monoisotopic (exact) mass is 393 g/mol. The van der Waals surface area contributed by atoms with Crippen LogP contribution in [0.5, 0.6) is 0 Å². The van der Waals surface area contributed by atoms with Gasteiger partial charge in [-0.1, -0.05) is 102 Å². The third-order valence-electron chi connectivity index (χ3n) is 5.37. The van der Waals surface area contributed by atoms with Crippen LogP contribution in [-0.2, 0) is 14.3 Å². The van der Waals surface area contributed by atoms with E-state index in [4.69, 9.17) is 4.18 Å². The molecule has 0 saturated carbocycles. The van der Waals surface area contributed by atoms with E-state index in [0.717, 1.165) is 12.8 Å². The Morgan fingerprint density at radius 3 is 1.88 bits per heavy atom. The van der Waals surface area contributed by atoms with Gasteiger partial charge in [0.25, 0.3) is 10.1 Å². The van der Waals surface area contributed by atoms with Crippen molar-refractivity contribution >= 4 is 39.7 Å². The van der Waals surface area contributed by atoms with Gasteiger partial charge in [0.2, 0.25) is 0 Å². The summed E-state index contributed by atoms with van der Waals surface area (Å²) in [7, 11) is -3.58. The summed E-state index contributed by atoms with van der Waals surface area (Å²) < 4.78 is 29.4. The molecule has 5 heteroatoms. The van der Waals surface area contributed by atoms with Gasteiger partial charge in [-0.15, -0.1) is 0 Å². The molecule has 1 aliphatic carbocycles. The van der Waals surface area contributed by atoms with E-state index >= 15 is 0 Å². The van der Waals surface area contributed by atoms with Crippen molar-refractivity contribution in [1.82, 2.24) is 0 Å². The molecule has 0 aromatic carbocycles. The first-order valence-corrected chi connectivity index (χ1v) is 11.6. The summed E-state index contributed by atoms with van der Waals surface area (Å²) >= 11 is 0. The van der Waals surface area contributed by atoms with Gasteiger partial charge in [0.15, 0.2) is 0 Å². The minimum absolute atomic E-state index is 0. The number of hydrogen-bond acceptors (Lipinski definition) is 3. The molecule has 26 heavy (non-hydrogen) atoms. The minimum Gasteiger partial charge on any atom is -0.269 e. The van der Waals surface area contributed by atoms with Gasteiger partial charge < -0.3 is 0 Å². The minimum atomic E-state index is -3.58. The SMILES string of the molecule is CCCCCCCCCCCCCOS(=O)(=O)C1(C)C=CC=CC1C.[Na]. The Hall–Kier alpha value is 0.390. The van der Waals surface area contributed by atoms with Crippen LogP contribution in [0.3, 0.4) is 0 Å². The zero-order valence-corrected chi connectivity index (χ0v) is 20.3. The number of allylic oxidation sites excluding steroid dienone is 3. The van der Waals surface area contributed by atoms with E-state index in [0.29, 0.717) is 6.61 Å². The van der Waals surface area contributed by atoms with Crippen LogP contribution in [0.2, 0.25) is 0 Å². The van der Waals surface area contributed by atoms with Crippen LogP contribution in [0, 0.1) is 5.92 Å². The first kappa shape index (κ1) is 26.4. The third kappa shape index (κ3) is 9.05. The molecule has 0 aromatic heterocycles. The summed E-state index contributed by atoms with van der Waals surface area (Å²) in [6, 6.07) is 0. The maximum atomic E-state index is 12.5. The zero-order valence-electron chi connectivity index (χ0n) is 17.5. The number of unbranched alkanes of at least 4 members (excludes halogenated alkanes) is 10. The van der Waals surface area contributed by atoms with Gasteiger partial charge in [-0.25, -0.2) is 0 Å². The third-order valence-corrected chi connectivity index (χ3v) is 7.43. The predicted octanol–water partition coefficient (Wildman–Crippen LogP) is 5.78. The Balaban J connectivity index is 0.00000625. The van der Waals surface area contributed by atoms with Crippen molar-refractivity contribution in [3.63, 3.8) is 0 Å². The molecule has 2 unspecified atom stereocenters. The van der Waals surface area contributed by atoms with Crippen LogP contribution >= 0.6 is 0 Å². The first-order chi connectivity index (χ1) is 11.9. The molecule has 0 saturated heterocycles. The van der Waals surface area contributed by atoms with E-state index in [2.05, 4.69) is 6.92 Å². The van der Waals surface area contributed by atoms with Crippen LogP contribution < -0.4 is 0 Å². The summed E-state index contributed by atoms with van der Waals surface area (Å²) in [6.45, 7) is 6.22. The Morgan fingerprint density at radius 1 is 0.885 bits per heavy atom. The van der Waals surface area contributed by atoms with Crippen molar-refractivity contribution in [1.29, 1.82) is 0 Å². The van der Waals surface area contributed by atoms with E-state index in [1.54, 1.807) is 19.1 Å². The molecule has 0 aromatic rings. The fraction of sp³-hybridized carbons (Fsp3) is 0.810. The Bertz CT molecular complexity index is 513. The second-order valence-corrected chi connectivity index (χ2v) is 9.55. The van der Waals surface area contributed by atoms with E-state index in [-0.39, 0.29) is 35.5 Å². The van der Waals surface area contributed by atoms with E-state index in [9.17, 15) is 8.42 Å². The van der Waals surface area contributed by atoms with Crippen molar-refractivity contribution in [3.8, 4) is 0 Å². The smallest absolute Gasteiger partial charge is 0.269 e. The summed E-state index contributed by atoms with van der Waals surface area (Å²) in [5.41, 5.74) is 0. The molecule has 0 amide bonds. The zero-order chi connectivity index (χ0) is 18.6. The van der Waals surface area contributed by atoms with Crippen LogP contribution in [0.15, 0.2) is 24.3 Å². The Kier molecular flexibility index (Phi) is 14.6. The molecule has 0 heterocycles. The second-order valence-electron chi connectivity index (χ2n) is 7.53. The molecule has 0 N–H and O–H groups in total. The van der Waals surface area contributed by atoms with Crippen LogP contribution in [0.1, 0.15) is 91.4 Å².